The van der Waals surface area contributed by atoms with E-state index >= 15 is 0 Å². The maximum Gasteiger partial charge on any atom is 0.123 e. The highest BCUT2D eigenvalue weighted by Gasteiger charge is 2.30. The third kappa shape index (κ3) is 3.95. The molecule has 1 aromatic rings. The van der Waals surface area contributed by atoms with Crippen molar-refractivity contribution >= 4 is 0 Å². The molecule has 20 heavy (non-hydrogen) atoms. The van der Waals surface area contributed by atoms with E-state index in [0.717, 1.165) is 37.1 Å². The van der Waals surface area contributed by atoms with Crippen LogP contribution in [0, 0.1) is 18.7 Å². The lowest BCUT2D eigenvalue weighted by atomic mass is 9.85. The fraction of sp³-hybridized carbons (Fsp3) is 0.647. The molecule has 2 rings (SSSR count). The second kappa shape index (κ2) is 7.07. The molecule has 3 heteroatoms. The van der Waals surface area contributed by atoms with Gasteiger partial charge in [0.1, 0.15) is 17.7 Å². The van der Waals surface area contributed by atoms with Gasteiger partial charge in [-0.05, 0) is 68.8 Å². The zero-order valence-corrected chi connectivity index (χ0v) is 12.8. The second-order valence-electron chi connectivity index (χ2n) is 6.04. The third-order valence-electron chi connectivity index (χ3n) is 4.13. The van der Waals surface area contributed by atoms with Gasteiger partial charge in [-0.2, -0.15) is 0 Å². The number of hydrogen-bond donors (Lipinski definition) is 1. The average molecular weight is 279 g/mol. The van der Waals surface area contributed by atoms with Crippen LogP contribution in [0.15, 0.2) is 18.2 Å². The summed E-state index contributed by atoms with van der Waals surface area (Å²) in [5.74, 6) is 1.31. The van der Waals surface area contributed by atoms with E-state index in [1.165, 1.54) is 18.6 Å². The fourth-order valence-electron chi connectivity index (χ4n) is 2.93. The molecule has 112 valence electrons. The molecule has 0 bridgehead atoms. The molecule has 1 aliphatic carbocycles. The number of ether oxygens (including phenoxy) is 1. The summed E-state index contributed by atoms with van der Waals surface area (Å²) in [6, 6.07) is 5.18. The molecule has 3 atom stereocenters. The molecule has 1 saturated carbocycles. The largest absolute Gasteiger partial charge is 0.489 e. The summed E-state index contributed by atoms with van der Waals surface area (Å²) < 4.78 is 19.4. The Labute approximate surface area is 121 Å². The summed E-state index contributed by atoms with van der Waals surface area (Å²) in [7, 11) is 0. The first kappa shape index (κ1) is 15.3. The Morgan fingerprint density at radius 1 is 1.35 bits per heavy atom. The molecule has 1 aliphatic rings. The molecule has 0 amide bonds. The van der Waals surface area contributed by atoms with E-state index in [9.17, 15) is 4.39 Å². The molecule has 0 spiro atoms. The van der Waals surface area contributed by atoms with Crippen LogP contribution in [0.5, 0.6) is 5.75 Å². The molecule has 2 nitrogen and oxygen atoms in total. The van der Waals surface area contributed by atoms with Gasteiger partial charge in [-0.25, -0.2) is 4.39 Å². The lowest BCUT2D eigenvalue weighted by Gasteiger charge is -2.36. The minimum atomic E-state index is -0.201. The quantitative estimate of drug-likeness (QED) is 0.877. The SMILES string of the molecule is CCCNC1CCC(C)CC1Oc1ccc(F)cc1C. The summed E-state index contributed by atoms with van der Waals surface area (Å²) >= 11 is 0. The molecule has 1 fully saturated rings. The Morgan fingerprint density at radius 3 is 2.85 bits per heavy atom. The zero-order valence-electron chi connectivity index (χ0n) is 12.8. The van der Waals surface area contributed by atoms with Gasteiger partial charge >= 0.3 is 0 Å². The number of rotatable bonds is 5. The van der Waals surface area contributed by atoms with E-state index in [1.54, 1.807) is 6.07 Å². The lowest BCUT2D eigenvalue weighted by molar-refractivity contribution is 0.0901. The van der Waals surface area contributed by atoms with Crippen molar-refractivity contribution < 1.29 is 9.13 Å². The monoisotopic (exact) mass is 279 g/mol. The minimum Gasteiger partial charge on any atom is -0.489 e. The van der Waals surface area contributed by atoms with Crippen molar-refractivity contribution in [3.05, 3.63) is 29.6 Å². The summed E-state index contributed by atoms with van der Waals surface area (Å²) in [4.78, 5) is 0. The van der Waals surface area contributed by atoms with Gasteiger partial charge < -0.3 is 10.1 Å². The second-order valence-corrected chi connectivity index (χ2v) is 6.04. The molecule has 0 heterocycles. The van der Waals surface area contributed by atoms with Crippen LogP contribution in [0.25, 0.3) is 0 Å². The number of benzene rings is 1. The van der Waals surface area contributed by atoms with Crippen LogP contribution in [0.2, 0.25) is 0 Å². The molecule has 0 aromatic heterocycles. The third-order valence-corrected chi connectivity index (χ3v) is 4.13. The molecular formula is C17H26FNO. The number of aryl methyl sites for hydroxylation is 1. The molecule has 1 aromatic carbocycles. The standard InChI is InChI=1S/C17H26FNO/c1-4-9-19-15-7-5-12(2)10-17(15)20-16-8-6-14(18)11-13(16)3/h6,8,11-12,15,17,19H,4-5,7,9-10H2,1-3H3. The number of nitrogens with one attached hydrogen (secondary N) is 1. The topological polar surface area (TPSA) is 21.3 Å². The van der Waals surface area contributed by atoms with Crippen LogP contribution in [-0.4, -0.2) is 18.7 Å². The molecule has 3 unspecified atom stereocenters. The first-order chi connectivity index (χ1) is 9.60. The highest BCUT2D eigenvalue weighted by atomic mass is 19.1. The Bertz CT molecular complexity index is 433. The van der Waals surface area contributed by atoms with Gasteiger partial charge in [0, 0.05) is 6.04 Å². The van der Waals surface area contributed by atoms with E-state index < -0.39 is 0 Å². The van der Waals surface area contributed by atoms with E-state index in [4.69, 9.17) is 4.74 Å². The van der Waals surface area contributed by atoms with E-state index in [0.29, 0.717) is 12.0 Å². The van der Waals surface area contributed by atoms with Gasteiger partial charge in [0.25, 0.3) is 0 Å². The zero-order chi connectivity index (χ0) is 14.5. The van der Waals surface area contributed by atoms with Crippen LogP contribution in [0.4, 0.5) is 4.39 Å². The highest BCUT2D eigenvalue weighted by Crippen LogP contribution is 2.29. The van der Waals surface area contributed by atoms with Crippen LogP contribution in [0.1, 0.15) is 45.1 Å². The number of hydrogen-bond acceptors (Lipinski definition) is 2. The van der Waals surface area contributed by atoms with Crippen molar-refractivity contribution in [2.24, 2.45) is 5.92 Å². The van der Waals surface area contributed by atoms with Crippen molar-refractivity contribution in [2.45, 2.75) is 58.6 Å². The van der Waals surface area contributed by atoms with Gasteiger partial charge in [-0.1, -0.05) is 13.8 Å². The first-order valence-electron chi connectivity index (χ1n) is 7.76. The normalized spacial score (nSPS) is 26.5. The van der Waals surface area contributed by atoms with Gasteiger partial charge in [-0.15, -0.1) is 0 Å². The Hall–Kier alpha value is -1.09. The van der Waals surface area contributed by atoms with Crippen LogP contribution in [0.3, 0.4) is 0 Å². The molecule has 0 saturated heterocycles. The summed E-state index contributed by atoms with van der Waals surface area (Å²) in [5, 5.41) is 3.59. The molecule has 0 radical (unpaired) electrons. The maximum absolute atomic E-state index is 13.2. The van der Waals surface area contributed by atoms with Crippen molar-refractivity contribution in [1.82, 2.24) is 5.32 Å². The maximum atomic E-state index is 13.2. The first-order valence-corrected chi connectivity index (χ1v) is 7.76. The van der Waals surface area contributed by atoms with Crippen molar-refractivity contribution in [3.8, 4) is 5.75 Å². The van der Waals surface area contributed by atoms with Crippen LogP contribution in [-0.2, 0) is 0 Å². The van der Waals surface area contributed by atoms with Crippen molar-refractivity contribution in [1.29, 1.82) is 0 Å². The Morgan fingerprint density at radius 2 is 2.15 bits per heavy atom. The molecule has 1 N–H and O–H groups in total. The summed E-state index contributed by atoms with van der Waals surface area (Å²) in [6.07, 6.45) is 4.80. The average Bonchev–Trinajstić information content (AvgIpc) is 2.41. The van der Waals surface area contributed by atoms with Gasteiger partial charge in [0.05, 0.1) is 0 Å². The van der Waals surface area contributed by atoms with E-state index in [-0.39, 0.29) is 11.9 Å². The minimum absolute atomic E-state index is 0.189. The molecule has 0 aliphatic heterocycles. The predicted octanol–water partition coefficient (Wildman–Crippen LogP) is 4.07. The lowest BCUT2D eigenvalue weighted by Crippen LogP contribution is -2.47. The Balaban J connectivity index is 2.06. The fourth-order valence-corrected chi connectivity index (χ4v) is 2.93. The van der Waals surface area contributed by atoms with Crippen LogP contribution >= 0.6 is 0 Å². The highest BCUT2D eigenvalue weighted by molar-refractivity contribution is 5.32. The smallest absolute Gasteiger partial charge is 0.123 e. The van der Waals surface area contributed by atoms with E-state index in [1.807, 2.05) is 6.92 Å². The molecular weight excluding hydrogens is 253 g/mol. The summed E-state index contributed by atoms with van der Waals surface area (Å²) in [6.45, 7) is 7.39. The van der Waals surface area contributed by atoms with Crippen molar-refractivity contribution in [3.63, 3.8) is 0 Å². The van der Waals surface area contributed by atoms with Crippen molar-refractivity contribution in [2.75, 3.05) is 6.54 Å². The Kier molecular flexibility index (Phi) is 5.41. The van der Waals surface area contributed by atoms with E-state index in [2.05, 4.69) is 19.2 Å². The van der Waals surface area contributed by atoms with Gasteiger partial charge in [0.2, 0.25) is 0 Å². The summed E-state index contributed by atoms with van der Waals surface area (Å²) in [5.41, 5.74) is 0.873. The number of halogens is 1. The van der Waals surface area contributed by atoms with Gasteiger partial charge in [-0.3, -0.25) is 0 Å². The van der Waals surface area contributed by atoms with Gasteiger partial charge in [0.15, 0.2) is 0 Å². The van der Waals surface area contributed by atoms with Crippen LogP contribution < -0.4 is 10.1 Å². The predicted molar refractivity (Wildman–Crippen MR) is 80.6 cm³/mol.